The molecule has 210 valence electrons. The molecule has 2 aliphatic carbocycles. The van der Waals surface area contributed by atoms with Crippen LogP contribution in [-0.4, -0.2) is 72.1 Å². The predicted octanol–water partition coefficient (Wildman–Crippen LogP) is 1.94. The fourth-order valence-electron chi connectivity index (χ4n) is 6.20. The Bertz CT molecular complexity index is 1070. The molecule has 0 radical (unpaired) electrons. The molecule has 0 aromatic rings. The second-order valence-corrected chi connectivity index (χ2v) is 10.4. The fourth-order valence-corrected chi connectivity index (χ4v) is 6.20. The Kier molecular flexibility index (Phi) is 8.40. The van der Waals surface area contributed by atoms with Crippen molar-refractivity contribution in [3.8, 4) is 0 Å². The summed E-state index contributed by atoms with van der Waals surface area (Å²) in [7, 11) is 1.19. The fraction of sp³-hybridized carbons (Fsp3) is 0.667. The van der Waals surface area contributed by atoms with E-state index in [0.29, 0.717) is 5.57 Å². The maximum atomic E-state index is 12.8. The van der Waals surface area contributed by atoms with Gasteiger partial charge in [-0.05, 0) is 32.8 Å². The van der Waals surface area contributed by atoms with E-state index in [1.807, 2.05) is 6.08 Å². The highest BCUT2D eigenvalue weighted by atomic mass is 16.6. The monoisotopic (exact) mass is 536 g/mol. The van der Waals surface area contributed by atoms with Crippen LogP contribution in [0.5, 0.6) is 0 Å². The van der Waals surface area contributed by atoms with Gasteiger partial charge in [-0.2, -0.15) is 0 Å². The first kappa shape index (κ1) is 29.3. The number of hydrogen-bond donors (Lipinski definition) is 1. The summed E-state index contributed by atoms with van der Waals surface area (Å²) in [5.41, 5.74) is -2.65. The summed E-state index contributed by atoms with van der Waals surface area (Å²) < 4.78 is 27.8. The Hall–Kier alpha value is -3.21. The Morgan fingerprint density at radius 1 is 1.03 bits per heavy atom. The van der Waals surface area contributed by atoms with E-state index >= 15 is 0 Å². The molecule has 0 saturated carbocycles. The van der Waals surface area contributed by atoms with E-state index in [-0.39, 0.29) is 24.8 Å². The van der Waals surface area contributed by atoms with Crippen molar-refractivity contribution in [3.05, 3.63) is 23.3 Å². The van der Waals surface area contributed by atoms with Gasteiger partial charge in [-0.25, -0.2) is 4.79 Å². The molecule has 0 spiro atoms. The summed E-state index contributed by atoms with van der Waals surface area (Å²) in [6.07, 6.45) is -1.10. The van der Waals surface area contributed by atoms with E-state index in [2.05, 4.69) is 0 Å². The van der Waals surface area contributed by atoms with Crippen molar-refractivity contribution >= 4 is 29.8 Å². The molecule has 11 nitrogen and oxygen atoms in total. The van der Waals surface area contributed by atoms with Crippen LogP contribution in [0.1, 0.15) is 60.8 Å². The Morgan fingerprint density at radius 2 is 1.61 bits per heavy atom. The van der Waals surface area contributed by atoms with E-state index in [0.717, 1.165) is 0 Å². The predicted molar refractivity (Wildman–Crippen MR) is 130 cm³/mol. The third kappa shape index (κ3) is 5.08. The van der Waals surface area contributed by atoms with E-state index < -0.39 is 77.1 Å². The zero-order valence-electron chi connectivity index (χ0n) is 22.8. The average molecular weight is 537 g/mol. The normalized spacial score (nSPS) is 38.2. The molecule has 1 unspecified atom stereocenters. The topological polar surface area (TPSA) is 152 Å². The number of aliphatic hydroxyl groups is 1. The molecule has 1 N–H and O–H groups in total. The summed E-state index contributed by atoms with van der Waals surface area (Å²) in [5.74, 6) is -5.47. The summed E-state index contributed by atoms with van der Waals surface area (Å²) in [5, 5.41) is 12.3. The zero-order valence-corrected chi connectivity index (χ0v) is 22.8. The smallest absolute Gasteiger partial charge is 0.333 e. The lowest BCUT2D eigenvalue weighted by atomic mass is 9.56. The first-order chi connectivity index (χ1) is 17.7. The summed E-state index contributed by atoms with van der Waals surface area (Å²) in [6, 6.07) is 0. The minimum Gasteiger partial charge on any atom is -0.466 e. The van der Waals surface area contributed by atoms with E-state index in [9.17, 15) is 29.1 Å². The van der Waals surface area contributed by atoms with Gasteiger partial charge >= 0.3 is 29.8 Å². The van der Waals surface area contributed by atoms with E-state index in [1.54, 1.807) is 13.8 Å². The maximum Gasteiger partial charge on any atom is 0.333 e. The number of fused-ring (bicyclic) bond motifs is 2. The van der Waals surface area contributed by atoms with Crippen molar-refractivity contribution in [2.75, 3.05) is 7.11 Å². The Balaban J connectivity index is 2.39. The zero-order chi connectivity index (χ0) is 28.6. The Morgan fingerprint density at radius 3 is 2.16 bits per heavy atom. The van der Waals surface area contributed by atoms with Gasteiger partial charge in [-0.15, -0.1) is 0 Å². The molecular formula is C27H36O11. The lowest BCUT2D eigenvalue weighted by Gasteiger charge is -2.54. The molecule has 0 amide bonds. The van der Waals surface area contributed by atoms with Crippen LogP contribution in [-0.2, 0) is 47.7 Å². The molecule has 11 heteroatoms. The molecule has 0 bridgehead atoms. The third-order valence-corrected chi connectivity index (χ3v) is 8.09. The third-order valence-electron chi connectivity index (χ3n) is 8.09. The van der Waals surface area contributed by atoms with E-state index in [4.69, 9.17) is 23.7 Å². The van der Waals surface area contributed by atoms with E-state index in [1.165, 1.54) is 40.9 Å². The van der Waals surface area contributed by atoms with Crippen molar-refractivity contribution in [2.45, 2.75) is 90.8 Å². The second-order valence-electron chi connectivity index (χ2n) is 10.4. The second kappa shape index (κ2) is 10.9. The largest absolute Gasteiger partial charge is 0.466 e. The molecule has 1 saturated heterocycles. The van der Waals surface area contributed by atoms with Crippen LogP contribution in [0.4, 0.5) is 0 Å². The molecule has 0 aromatic carbocycles. The van der Waals surface area contributed by atoms with Gasteiger partial charge in [0.15, 0.2) is 11.7 Å². The highest BCUT2D eigenvalue weighted by Crippen LogP contribution is 2.55. The van der Waals surface area contributed by atoms with Gasteiger partial charge in [0.2, 0.25) is 0 Å². The van der Waals surface area contributed by atoms with Gasteiger partial charge in [-0.1, -0.05) is 18.6 Å². The molecule has 1 fully saturated rings. The molecule has 38 heavy (non-hydrogen) atoms. The Labute approximate surface area is 221 Å². The van der Waals surface area contributed by atoms with Crippen LogP contribution in [0, 0.1) is 17.3 Å². The van der Waals surface area contributed by atoms with Crippen LogP contribution in [0.2, 0.25) is 0 Å². The molecule has 3 aliphatic rings. The average Bonchev–Trinajstić information content (AvgIpc) is 3.04. The first-order valence-corrected chi connectivity index (χ1v) is 12.6. The van der Waals surface area contributed by atoms with Crippen molar-refractivity contribution in [3.63, 3.8) is 0 Å². The van der Waals surface area contributed by atoms with Gasteiger partial charge in [-0.3, -0.25) is 19.2 Å². The molecule has 8 atom stereocenters. The standard InChI is InChI=1S/C27H36O11/c1-13-8-10-19(35-15(3)28)26(6)20(36-16(4)29)11-9-18(25(32)34-7)12-21-27(33,14(2)24(31)38-21)23(22(13)26)37-17(5)30/h8,12,14,19-23,33H,9-11H2,1-7H3/b18-12+/t14-,19-,20+,21-,22?,23+,26+,27-/m0/s1. The van der Waals surface area contributed by atoms with Crippen LogP contribution in [0.25, 0.3) is 0 Å². The van der Waals surface area contributed by atoms with Gasteiger partial charge in [0, 0.05) is 38.7 Å². The van der Waals surface area contributed by atoms with Crippen LogP contribution >= 0.6 is 0 Å². The van der Waals surface area contributed by atoms with Crippen LogP contribution in [0.15, 0.2) is 23.3 Å². The van der Waals surface area contributed by atoms with Crippen molar-refractivity contribution in [1.82, 2.24) is 0 Å². The molecule has 0 aromatic heterocycles. The van der Waals surface area contributed by atoms with Crippen LogP contribution in [0.3, 0.4) is 0 Å². The molecule has 1 heterocycles. The number of rotatable bonds is 4. The van der Waals surface area contributed by atoms with Crippen molar-refractivity contribution in [2.24, 2.45) is 17.3 Å². The quantitative estimate of drug-likeness (QED) is 0.319. The number of carbonyl (C=O) groups is 5. The lowest BCUT2D eigenvalue weighted by Crippen LogP contribution is -2.65. The number of methoxy groups -OCH3 is 1. The van der Waals surface area contributed by atoms with Crippen LogP contribution < -0.4 is 0 Å². The number of hydrogen-bond acceptors (Lipinski definition) is 11. The minimum atomic E-state index is -2.14. The summed E-state index contributed by atoms with van der Waals surface area (Å²) in [6.45, 7) is 8.61. The first-order valence-electron chi connectivity index (χ1n) is 12.6. The van der Waals surface area contributed by atoms with Gasteiger partial charge in [0.1, 0.15) is 18.3 Å². The number of ether oxygens (including phenoxy) is 5. The highest BCUT2D eigenvalue weighted by Gasteiger charge is 2.67. The number of carbonyl (C=O) groups excluding carboxylic acids is 5. The lowest BCUT2D eigenvalue weighted by molar-refractivity contribution is -0.216. The molecule has 1 aliphatic heterocycles. The van der Waals surface area contributed by atoms with Crippen molar-refractivity contribution < 1.29 is 52.8 Å². The SMILES string of the molecule is COC(=O)/C1=C/[C@@H]2OC(=O)[C@H](C)[C@@]2(O)[C@H](OC(C)=O)C2C(C)=CC[C@H](OC(C)=O)[C@]2(C)[C@H](OC(C)=O)CC1. The minimum absolute atomic E-state index is 0.0270. The van der Waals surface area contributed by atoms with Gasteiger partial charge < -0.3 is 28.8 Å². The van der Waals surface area contributed by atoms with Crippen molar-refractivity contribution in [1.29, 1.82) is 0 Å². The molecular weight excluding hydrogens is 500 g/mol. The maximum absolute atomic E-state index is 12.8. The van der Waals surface area contributed by atoms with Gasteiger partial charge in [0.05, 0.1) is 18.4 Å². The molecule has 3 rings (SSSR count). The summed E-state index contributed by atoms with van der Waals surface area (Å²) in [4.78, 5) is 62.5. The highest BCUT2D eigenvalue weighted by molar-refractivity contribution is 5.89. The van der Waals surface area contributed by atoms with Gasteiger partial charge in [0.25, 0.3) is 0 Å². The summed E-state index contributed by atoms with van der Waals surface area (Å²) >= 11 is 0. The number of esters is 5.